The summed E-state index contributed by atoms with van der Waals surface area (Å²) in [6.07, 6.45) is 3.00. The number of nitrogens with zero attached hydrogens (tertiary/aromatic N) is 2. The molecule has 2 rings (SSSR count). The molecule has 1 heterocycles. The van der Waals surface area contributed by atoms with Crippen LogP contribution in [0.25, 0.3) is 0 Å². The van der Waals surface area contributed by atoms with Gasteiger partial charge in [0.25, 0.3) is 0 Å². The van der Waals surface area contributed by atoms with Gasteiger partial charge < -0.3 is 15.8 Å². The van der Waals surface area contributed by atoms with Crippen LogP contribution >= 0.6 is 0 Å². The molecule has 6 heteroatoms. The van der Waals surface area contributed by atoms with Gasteiger partial charge in [-0.3, -0.25) is 0 Å². The Balaban J connectivity index is 2.15. The van der Waals surface area contributed by atoms with Crippen molar-refractivity contribution < 1.29 is 5.11 Å². The zero-order valence-corrected chi connectivity index (χ0v) is 11.6. The number of nitrogens with two attached hydrogens (primary N) is 1. The minimum atomic E-state index is 0.165. The smallest absolute Gasteiger partial charge is 0.145 e. The Labute approximate surface area is 113 Å². The third-order valence-electron chi connectivity index (χ3n) is 3.41. The average Bonchev–Trinajstić information content (AvgIpc) is 3.22. The summed E-state index contributed by atoms with van der Waals surface area (Å²) in [6.45, 7) is 4.41. The second kappa shape index (κ2) is 6.16. The maximum atomic E-state index is 9.11. The maximum absolute atomic E-state index is 9.11. The molecule has 0 aromatic carbocycles. The molecule has 1 unspecified atom stereocenters. The van der Waals surface area contributed by atoms with Gasteiger partial charge >= 0.3 is 0 Å². The molecule has 0 bridgehead atoms. The minimum absolute atomic E-state index is 0.165. The van der Waals surface area contributed by atoms with Gasteiger partial charge in [0.15, 0.2) is 0 Å². The van der Waals surface area contributed by atoms with Crippen molar-refractivity contribution >= 4 is 11.6 Å². The zero-order chi connectivity index (χ0) is 13.8. The summed E-state index contributed by atoms with van der Waals surface area (Å²) in [5.74, 6) is 8.60. The zero-order valence-electron chi connectivity index (χ0n) is 11.6. The largest absolute Gasteiger partial charge is 0.396 e. The van der Waals surface area contributed by atoms with Crippen LogP contribution in [0.4, 0.5) is 11.6 Å². The molecule has 6 nitrogen and oxygen atoms in total. The van der Waals surface area contributed by atoms with E-state index >= 15 is 0 Å². The van der Waals surface area contributed by atoms with Crippen molar-refractivity contribution in [3.05, 3.63) is 11.9 Å². The molecule has 1 aliphatic rings. The summed E-state index contributed by atoms with van der Waals surface area (Å²) in [6, 6.07) is 2.00. The number of anilines is 2. The first-order valence-corrected chi connectivity index (χ1v) is 6.87. The van der Waals surface area contributed by atoms with Gasteiger partial charge in [0.1, 0.15) is 17.5 Å². The molecule has 1 aromatic rings. The van der Waals surface area contributed by atoms with E-state index in [2.05, 4.69) is 34.6 Å². The Morgan fingerprint density at radius 3 is 2.58 bits per heavy atom. The van der Waals surface area contributed by atoms with Crippen LogP contribution in [0.15, 0.2) is 6.07 Å². The molecule has 106 valence electrons. The van der Waals surface area contributed by atoms with Crippen LogP contribution in [-0.2, 0) is 0 Å². The van der Waals surface area contributed by atoms with Gasteiger partial charge in [-0.05, 0) is 25.2 Å². The number of aromatic nitrogens is 2. The van der Waals surface area contributed by atoms with E-state index in [9.17, 15) is 0 Å². The van der Waals surface area contributed by atoms with Gasteiger partial charge in [-0.25, -0.2) is 15.8 Å². The Morgan fingerprint density at radius 2 is 2.05 bits per heavy atom. The third-order valence-corrected chi connectivity index (χ3v) is 3.41. The Hall–Kier alpha value is -1.40. The molecule has 0 saturated heterocycles. The number of rotatable bonds is 7. The quantitative estimate of drug-likeness (QED) is 0.440. The lowest BCUT2D eigenvalue weighted by molar-refractivity contribution is 0.267. The molecule has 0 aliphatic heterocycles. The van der Waals surface area contributed by atoms with Gasteiger partial charge in [0.2, 0.25) is 0 Å². The van der Waals surface area contributed by atoms with Crippen molar-refractivity contribution in [3.8, 4) is 0 Å². The van der Waals surface area contributed by atoms with E-state index in [1.54, 1.807) is 6.07 Å². The molecule has 5 N–H and O–H groups in total. The molecule has 1 saturated carbocycles. The Morgan fingerprint density at radius 1 is 1.37 bits per heavy atom. The fraction of sp³-hybridized carbons (Fsp3) is 0.692. The van der Waals surface area contributed by atoms with Crippen molar-refractivity contribution in [2.75, 3.05) is 17.3 Å². The lowest BCUT2D eigenvalue weighted by atomic mass is 10.0. The fourth-order valence-corrected chi connectivity index (χ4v) is 2.04. The van der Waals surface area contributed by atoms with Crippen molar-refractivity contribution in [1.82, 2.24) is 9.97 Å². The predicted molar refractivity (Wildman–Crippen MR) is 75.8 cm³/mol. The molecule has 19 heavy (non-hydrogen) atoms. The summed E-state index contributed by atoms with van der Waals surface area (Å²) in [5, 5.41) is 12.5. The van der Waals surface area contributed by atoms with Crippen LogP contribution < -0.4 is 16.6 Å². The van der Waals surface area contributed by atoms with Crippen LogP contribution in [0.3, 0.4) is 0 Å². The molecule has 1 atom stereocenters. The summed E-state index contributed by atoms with van der Waals surface area (Å²) in [4.78, 5) is 8.92. The van der Waals surface area contributed by atoms with Gasteiger partial charge in [-0.2, -0.15) is 0 Å². The van der Waals surface area contributed by atoms with Gasteiger partial charge in [0, 0.05) is 24.6 Å². The normalized spacial score (nSPS) is 16.5. The summed E-state index contributed by atoms with van der Waals surface area (Å²) in [7, 11) is 0. The standard InChI is InChI=1S/C13H23N5O/c1-8(2)10(5-6-19)15-11-7-12(18-14)17-13(16-11)9-3-4-9/h7-10,19H,3-6,14H2,1-2H3,(H2,15,16,17,18). The number of nitrogens with one attached hydrogen (secondary N) is 2. The van der Waals surface area contributed by atoms with E-state index in [1.165, 1.54) is 0 Å². The topological polar surface area (TPSA) is 96.1 Å². The SMILES string of the molecule is CC(C)C(CCO)Nc1cc(NN)nc(C2CC2)n1. The highest BCUT2D eigenvalue weighted by Gasteiger charge is 2.27. The first kappa shape index (κ1) is 14.0. The van der Waals surface area contributed by atoms with Gasteiger partial charge in [-0.15, -0.1) is 0 Å². The van der Waals surface area contributed by atoms with Crippen LogP contribution in [0.1, 0.15) is 44.9 Å². The molecule has 1 aliphatic carbocycles. The molecule has 0 radical (unpaired) electrons. The van der Waals surface area contributed by atoms with Crippen LogP contribution in [-0.4, -0.2) is 27.7 Å². The number of nitrogen functional groups attached to an aromatic ring is 1. The molecule has 1 aromatic heterocycles. The number of hydrogen-bond acceptors (Lipinski definition) is 6. The van der Waals surface area contributed by atoms with Gasteiger partial charge in [0.05, 0.1) is 0 Å². The van der Waals surface area contributed by atoms with Crippen LogP contribution in [0.2, 0.25) is 0 Å². The van der Waals surface area contributed by atoms with Crippen molar-refractivity contribution in [3.63, 3.8) is 0 Å². The minimum Gasteiger partial charge on any atom is -0.396 e. The average molecular weight is 265 g/mol. The van der Waals surface area contributed by atoms with E-state index in [-0.39, 0.29) is 12.6 Å². The number of aliphatic hydroxyl groups is 1. The molecule has 0 amide bonds. The highest BCUT2D eigenvalue weighted by atomic mass is 16.3. The Bertz CT molecular complexity index is 419. The Kier molecular flexibility index (Phi) is 4.55. The molecular weight excluding hydrogens is 242 g/mol. The van der Waals surface area contributed by atoms with E-state index in [0.717, 1.165) is 24.5 Å². The van der Waals surface area contributed by atoms with E-state index in [0.29, 0.717) is 24.1 Å². The van der Waals surface area contributed by atoms with Crippen molar-refractivity contribution in [1.29, 1.82) is 0 Å². The van der Waals surface area contributed by atoms with E-state index in [1.807, 2.05) is 0 Å². The lowest BCUT2D eigenvalue weighted by Crippen LogP contribution is -2.27. The van der Waals surface area contributed by atoms with Crippen molar-refractivity contribution in [2.45, 2.75) is 45.1 Å². The molecule has 1 fully saturated rings. The first-order valence-electron chi connectivity index (χ1n) is 6.87. The first-order chi connectivity index (χ1) is 9.13. The predicted octanol–water partition coefficient (Wildman–Crippen LogP) is 1.46. The van der Waals surface area contributed by atoms with E-state index < -0.39 is 0 Å². The van der Waals surface area contributed by atoms with Gasteiger partial charge in [-0.1, -0.05) is 13.8 Å². The number of hydrogen-bond donors (Lipinski definition) is 4. The molecular formula is C13H23N5O. The van der Waals surface area contributed by atoms with Crippen LogP contribution in [0.5, 0.6) is 0 Å². The highest BCUT2D eigenvalue weighted by molar-refractivity contribution is 5.48. The number of hydrazine groups is 1. The highest BCUT2D eigenvalue weighted by Crippen LogP contribution is 2.38. The maximum Gasteiger partial charge on any atom is 0.145 e. The molecule has 0 spiro atoms. The monoisotopic (exact) mass is 265 g/mol. The third kappa shape index (κ3) is 3.78. The second-order valence-electron chi connectivity index (χ2n) is 5.42. The second-order valence-corrected chi connectivity index (χ2v) is 5.42. The summed E-state index contributed by atoms with van der Waals surface area (Å²) in [5.41, 5.74) is 2.58. The fourth-order valence-electron chi connectivity index (χ4n) is 2.04. The van der Waals surface area contributed by atoms with E-state index in [4.69, 9.17) is 10.9 Å². The lowest BCUT2D eigenvalue weighted by Gasteiger charge is -2.22. The summed E-state index contributed by atoms with van der Waals surface area (Å²) >= 11 is 0. The summed E-state index contributed by atoms with van der Waals surface area (Å²) < 4.78 is 0. The van der Waals surface area contributed by atoms with Crippen LogP contribution in [0, 0.1) is 5.92 Å². The van der Waals surface area contributed by atoms with Crippen molar-refractivity contribution in [2.24, 2.45) is 11.8 Å². The number of aliphatic hydroxyl groups excluding tert-OH is 1.